The molecule has 0 amide bonds. The van der Waals surface area contributed by atoms with Crippen LogP contribution in [0.1, 0.15) is 57.8 Å². The molecule has 3 aromatic rings. The molecule has 0 aromatic heterocycles. The Kier molecular flexibility index (Phi) is 8.67. The number of sulfone groups is 1. The number of hydrogen-bond donors (Lipinski definition) is 0. The molecule has 0 saturated heterocycles. The summed E-state index contributed by atoms with van der Waals surface area (Å²) in [5.41, 5.74) is 0. The van der Waals surface area contributed by atoms with Gasteiger partial charge in [0.15, 0.2) is 9.84 Å². The van der Waals surface area contributed by atoms with Gasteiger partial charge in [-0.15, -0.1) is 0 Å². The second-order valence-electron chi connectivity index (χ2n) is 12.4. The molecular formula is C33H36F4O5S3. The fraction of sp³-hybridized carbons (Fsp3) is 0.455. The zero-order valence-corrected chi connectivity index (χ0v) is 27.0. The second-order valence-corrected chi connectivity index (χ2v) is 19.1. The van der Waals surface area contributed by atoms with E-state index in [1.165, 1.54) is 48.5 Å². The molecule has 45 heavy (non-hydrogen) atoms. The Hall–Kier alpha value is -2.41. The molecule has 0 radical (unpaired) electrons. The average molecular weight is 685 g/mol. The molecule has 3 fully saturated rings. The van der Waals surface area contributed by atoms with Crippen LogP contribution in [0.25, 0.3) is 0 Å². The van der Waals surface area contributed by atoms with Gasteiger partial charge in [-0.2, -0.15) is 26.0 Å². The van der Waals surface area contributed by atoms with E-state index in [-0.39, 0.29) is 31.9 Å². The third kappa shape index (κ3) is 5.53. The van der Waals surface area contributed by atoms with Crippen molar-refractivity contribution in [3.05, 3.63) is 84.9 Å². The van der Waals surface area contributed by atoms with Crippen molar-refractivity contribution in [1.82, 2.24) is 0 Å². The fourth-order valence-electron chi connectivity index (χ4n) is 7.39. The van der Waals surface area contributed by atoms with E-state index < -0.39 is 58.5 Å². The lowest BCUT2D eigenvalue weighted by Gasteiger charge is -2.42. The first kappa shape index (κ1) is 32.5. The zero-order valence-electron chi connectivity index (χ0n) is 24.5. The minimum Gasteiger partial charge on any atom is -0.223 e. The molecule has 6 rings (SSSR count). The van der Waals surface area contributed by atoms with Crippen molar-refractivity contribution in [3.8, 4) is 0 Å². The highest BCUT2D eigenvalue weighted by atomic mass is 32.3. The summed E-state index contributed by atoms with van der Waals surface area (Å²) in [6.45, 7) is 0. The summed E-state index contributed by atoms with van der Waals surface area (Å²) in [5.74, 6) is -7.42. The lowest BCUT2D eigenvalue weighted by molar-refractivity contribution is -0.202. The first-order chi connectivity index (χ1) is 21.3. The first-order valence-corrected chi connectivity index (χ1v) is 19.8. The maximum atomic E-state index is 15.9. The van der Waals surface area contributed by atoms with Gasteiger partial charge in [0.2, 0.25) is 0 Å². The van der Waals surface area contributed by atoms with Gasteiger partial charge in [0.25, 0.3) is 0 Å². The van der Waals surface area contributed by atoms with Crippen LogP contribution in [-0.4, -0.2) is 33.3 Å². The Morgan fingerprint density at radius 3 is 1.60 bits per heavy atom. The van der Waals surface area contributed by atoms with Crippen molar-refractivity contribution in [3.63, 3.8) is 0 Å². The van der Waals surface area contributed by atoms with E-state index in [9.17, 15) is 16.8 Å². The standard InChI is InChI=1S/C33H36F4O5S3/c34-32(35,31-23-24-16-17-25(31)22-24)33(36,37)45(40,41)42-43(26-10-4-1-5-11-26,27-12-6-2-7-13-27)28-18-20-30(21-19-28)44(38,39)29-14-8-3-9-15-29/h1-2,4-7,10-13,18-21,24-25,29,31H,3,8-9,14-17,22-23H2. The van der Waals surface area contributed by atoms with Crippen molar-refractivity contribution in [2.75, 3.05) is 0 Å². The van der Waals surface area contributed by atoms with E-state index in [4.69, 9.17) is 3.63 Å². The molecule has 0 spiro atoms. The van der Waals surface area contributed by atoms with E-state index in [0.29, 0.717) is 32.1 Å². The third-order valence-corrected chi connectivity index (χ3v) is 17.2. The highest BCUT2D eigenvalue weighted by Crippen LogP contribution is 2.71. The highest BCUT2D eigenvalue weighted by Gasteiger charge is 2.73. The Balaban J connectivity index is 1.47. The predicted molar refractivity (Wildman–Crippen MR) is 165 cm³/mol. The van der Waals surface area contributed by atoms with Gasteiger partial charge in [0.1, 0.15) is 0 Å². The number of fused-ring (bicyclic) bond motifs is 2. The van der Waals surface area contributed by atoms with E-state index >= 15 is 17.6 Å². The Bertz CT molecular complexity index is 1670. The summed E-state index contributed by atoms with van der Waals surface area (Å²) in [5, 5.41) is -6.08. The summed E-state index contributed by atoms with van der Waals surface area (Å²) in [6, 6.07) is 20.9. The zero-order chi connectivity index (χ0) is 32.1. The SMILES string of the molecule is O=S(=O)(c1ccc(S(OS(=O)(=O)C(F)(F)C(F)(F)C2CC3CCC2C3)(c2ccccc2)c2ccccc2)cc1)C1CCCCC1. The molecule has 0 heterocycles. The lowest BCUT2D eigenvalue weighted by atomic mass is 9.84. The Labute approximate surface area is 264 Å². The van der Waals surface area contributed by atoms with Crippen LogP contribution in [0.4, 0.5) is 17.6 Å². The molecule has 3 atom stereocenters. The van der Waals surface area contributed by atoms with Crippen LogP contribution in [0.3, 0.4) is 0 Å². The minimum absolute atomic E-state index is 0.0172. The van der Waals surface area contributed by atoms with Gasteiger partial charge in [-0.05, 0) is 103 Å². The van der Waals surface area contributed by atoms with Crippen LogP contribution in [-0.2, 0) is 23.6 Å². The molecule has 3 aliphatic rings. The topological polar surface area (TPSA) is 77.5 Å². The van der Waals surface area contributed by atoms with E-state index in [2.05, 4.69) is 0 Å². The quantitative estimate of drug-likeness (QED) is 0.199. The highest BCUT2D eigenvalue weighted by molar-refractivity contribution is 8.33. The molecule has 3 aliphatic carbocycles. The molecule has 0 aliphatic heterocycles. The van der Waals surface area contributed by atoms with E-state index in [0.717, 1.165) is 19.3 Å². The van der Waals surface area contributed by atoms with E-state index in [1.807, 2.05) is 0 Å². The summed E-state index contributed by atoms with van der Waals surface area (Å²) in [6.07, 6.45) is 4.87. The number of halogens is 4. The molecule has 2 bridgehead atoms. The van der Waals surface area contributed by atoms with Gasteiger partial charge in [-0.1, -0.05) is 62.1 Å². The fourth-order valence-corrected chi connectivity index (χ4v) is 14.5. The van der Waals surface area contributed by atoms with Crippen molar-refractivity contribution in [2.45, 2.75) is 93.8 Å². The summed E-state index contributed by atoms with van der Waals surface area (Å²) >= 11 is 0. The third-order valence-electron chi connectivity index (χ3n) is 9.72. The molecule has 3 unspecified atom stereocenters. The van der Waals surface area contributed by atoms with Gasteiger partial charge in [0.05, 0.1) is 10.1 Å². The monoisotopic (exact) mass is 684 g/mol. The molecule has 0 N–H and O–H groups in total. The van der Waals surface area contributed by atoms with Crippen LogP contribution < -0.4 is 0 Å². The second kappa shape index (κ2) is 12.0. The Morgan fingerprint density at radius 1 is 0.600 bits per heavy atom. The molecule has 244 valence electrons. The minimum atomic E-state index is -6.29. The number of rotatable bonds is 10. The van der Waals surface area contributed by atoms with Crippen molar-refractivity contribution in [2.24, 2.45) is 17.8 Å². The predicted octanol–water partition coefficient (Wildman–Crippen LogP) is 9.00. The molecule has 12 heteroatoms. The smallest absolute Gasteiger partial charge is 0.223 e. The van der Waals surface area contributed by atoms with Gasteiger partial charge in [-0.25, -0.2) is 12.0 Å². The van der Waals surface area contributed by atoms with Crippen LogP contribution in [0, 0.1) is 17.8 Å². The summed E-state index contributed by atoms with van der Waals surface area (Å²) in [7, 11) is -13.7. The van der Waals surface area contributed by atoms with Crippen LogP contribution in [0.2, 0.25) is 0 Å². The van der Waals surface area contributed by atoms with Crippen LogP contribution in [0.5, 0.6) is 0 Å². The molecule has 3 saturated carbocycles. The van der Waals surface area contributed by atoms with Crippen molar-refractivity contribution < 1.29 is 38.0 Å². The lowest BCUT2D eigenvalue weighted by Crippen LogP contribution is -2.53. The average Bonchev–Trinajstić information content (AvgIpc) is 3.70. The molecule has 5 nitrogen and oxygen atoms in total. The van der Waals surface area contributed by atoms with E-state index in [1.54, 1.807) is 36.4 Å². The number of benzene rings is 3. The maximum Gasteiger partial charge on any atom is 0.432 e. The van der Waals surface area contributed by atoms with Crippen molar-refractivity contribution >= 4 is 30.3 Å². The first-order valence-electron chi connectivity index (χ1n) is 15.3. The van der Waals surface area contributed by atoms with Gasteiger partial charge >= 0.3 is 21.3 Å². The summed E-state index contributed by atoms with van der Waals surface area (Å²) < 4.78 is 123. The summed E-state index contributed by atoms with van der Waals surface area (Å²) in [4.78, 5) is 0.428. The maximum absolute atomic E-state index is 15.9. The number of hydrogen-bond acceptors (Lipinski definition) is 5. The van der Waals surface area contributed by atoms with Gasteiger partial charge in [0, 0.05) is 20.6 Å². The van der Waals surface area contributed by atoms with Crippen LogP contribution >= 0.6 is 10.3 Å². The molecular weight excluding hydrogens is 649 g/mol. The largest absolute Gasteiger partial charge is 0.432 e. The van der Waals surface area contributed by atoms with Gasteiger partial charge in [-0.3, -0.25) is 0 Å². The van der Waals surface area contributed by atoms with Crippen LogP contribution in [0.15, 0.2) is 105 Å². The van der Waals surface area contributed by atoms with Gasteiger partial charge < -0.3 is 0 Å². The van der Waals surface area contributed by atoms with Crippen molar-refractivity contribution in [1.29, 1.82) is 0 Å². The Morgan fingerprint density at radius 2 is 1.11 bits per heavy atom. The normalized spacial score (nSPS) is 23.7. The number of alkyl halides is 4. The molecule has 3 aromatic carbocycles.